The van der Waals surface area contributed by atoms with Gasteiger partial charge in [-0.05, 0) is 41.2 Å². The molecule has 0 aliphatic heterocycles. The van der Waals surface area contributed by atoms with Crippen LogP contribution in [-0.2, 0) is 4.79 Å². The molecule has 0 unspecified atom stereocenters. The highest BCUT2D eigenvalue weighted by Crippen LogP contribution is 2.29. The highest BCUT2D eigenvalue weighted by Gasteiger charge is 2.31. The lowest BCUT2D eigenvalue weighted by Gasteiger charge is -2.17. The highest BCUT2D eigenvalue weighted by molar-refractivity contribution is 9.10. The summed E-state index contributed by atoms with van der Waals surface area (Å²) in [5.74, 6) is -1.09. The van der Waals surface area contributed by atoms with Crippen molar-refractivity contribution in [1.82, 2.24) is 0 Å². The number of carbonyl (C=O) groups excluding carboxylic acids is 1. The molecule has 5 heteroatoms. The van der Waals surface area contributed by atoms with E-state index in [9.17, 15) is 9.59 Å². The van der Waals surface area contributed by atoms with Gasteiger partial charge in [-0.2, -0.15) is 0 Å². The summed E-state index contributed by atoms with van der Waals surface area (Å²) in [5.41, 5.74) is -1.01. The molecule has 0 saturated carbocycles. The van der Waals surface area contributed by atoms with E-state index in [2.05, 4.69) is 15.9 Å². The molecule has 1 N–H and O–H groups in total. The molecule has 0 amide bonds. The van der Waals surface area contributed by atoms with E-state index in [1.165, 1.54) is 11.3 Å². The summed E-state index contributed by atoms with van der Waals surface area (Å²) in [6, 6.07) is 1.78. The number of hydrogen-bond donors (Lipinski definition) is 1. The van der Waals surface area contributed by atoms with Crippen LogP contribution in [0.4, 0.5) is 0 Å². The van der Waals surface area contributed by atoms with Gasteiger partial charge in [-0.15, -0.1) is 11.3 Å². The first-order valence-electron chi connectivity index (χ1n) is 4.34. The fourth-order valence-corrected chi connectivity index (χ4v) is 2.58. The molecule has 0 spiro atoms. The normalized spacial score (nSPS) is 11.4. The van der Waals surface area contributed by atoms with Crippen molar-refractivity contribution in [2.75, 3.05) is 0 Å². The van der Waals surface area contributed by atoms with Gasteiger partial charge >= 0.3 is 5.97 Å². The number of aliphatic carboxylic acids is 1. The van der Waals surface area contributed by atoms with Crippen LogP contribution in [0.1, 0.15) is 29.9 Å². The van der Waals surface area contributed by atoms with Gasteiger partial charge in [-0.25, -0.2) is 0 Å². The minimum Gasteiger partial charge on any atom is -0.481 e. The summed E-state index contributed by atoms with van der Waals surface area (Å²) in [4.78, 5) is 23.2. The third-order valence-corrected chi connectivity index (χ3v) is 3.93. The Morgan fingerprint density at radius 1 is 1.53 bits per heavy atom. The second-order valence-electron chi connectivity index (χ2n) is 3.89. The first-order chi connectivity index (χ1) is 6.84. The summed E-state index contributed by atoms with van der Waals surface area (Å²) < 4.78 is 0.735. The van der Waals surface area contributed by atoms with Crippen LogP contribution < -0.4 is 0 Å². The third-order valence-electron chi connectivity index (χ3n) is 2.05. The van der Waals surface area contributed by atoms with Gasteiger partial charge in [0.15, 0.2) is 5.78 Å². The fraction of sp³-hybridized carbons (Fsp3) is 0.400. The number of carbonyl (C=O) groups is 2. The van der Waals surface area contributed by atoms with Gasteiger partial charge in [0.25, 0.3) is 0 Å². The van der Waals surface area contributed by atoms with Crippen molar-refractivity contribution >= 4 is 39.0 Å². The van der Waals surface area contributed by atoms with E-state index in [4.69, 9.17) is 5.11 Å². The second-order valence-corrected chi connectivity index (χ2v) is 5.66. The van der Waals surface area contributed by atoms with E-state index < -0.39 is 11.4 Å². The Kier molecular flexibility index (Phi) is 3.67. The van der Waals surface area contributed by atoms with Crippen LogP contribution in [-0.4, -0.2) is 16.9 Å². The zero-order chi connectivity index (χ0) is 11.6. The number of ketones is 1. The minimum absolute atomic E-state index is 0.0153. The van der Waals surface area contributed by atoms with Gasteiger partial charge in [0.1, 0.15) is 0 Å². The molecule has 15 heavy (non-hydrogen) atoms. The summed E-state index contributed by atoms with van der Waals surface area (Å²) >= 11 is 4.57. The molecule has 0 bridgehead atoms. The fourth-order valence-electron chi connectivity index (χ4n) is 1.05. The molecular formula is C10H11BrO3S. The predicted octanol–water partition coefficient (Wildman–Crippen LogP) is 3.19. The summed E-state index contributed by atoms with van der Waals surface area (Å²) in [6.45, 7) is 3.10. The predicted molar refractivity (Wildman–Crippen MR) is 62.4 cm³/mol. The van der Waals surface area contributed by atoms with Gasteiger partial charge in [0.2, 0.25) is 0 Å². The van der Waals surface area contributed by atoms with Crippen LogP contribution in [0.3, 0.4) is 0 Å². The van der Waals surface area contributed by atoms with Crippen LogP contribution in [0.5, 0.6) is 0 Å². The lowest BCUT2D eigenvalue weighted by molar-refractivity contribution is -0.146. The van der Waals surface area contributed by atoms with Crippen molar-refractivity contribution in [3.05, 3.63) is 20.8 Å². The van der Waals surface area contributed by atoms with Crippen molar-refractivity contribution in [2.24, 2.45) is 5.41 Å². The van der Waals surface area contributed by atoms with Gasteiger partial charge in [0, 0.05) is 10.9 Å². The quantitative estimate of drug-likeness (QED) is 0.867. The zero-order valence-electron chi connectivity index (χ0n) is 8.41. The Bertz CT molecular complexity index is 395. The topological polar surface area (TPSA) is 54.4 Å². The van der Waals surface area contributed by atoms with Gasteiger partial charge in [0.05, 0.1) is 10.3 Å². The van der Waals surface area contributed by atoms with Gasteiger partial charge in [-0.3, -0.25) is 9.59 Å². The first kappa shape index (κ1) is 12.4. The van der Waals surface area contributed by atoms with E-state index in [0.717, 1.165) is 4.47 Å². The number of halogens is 1. The number of carboxylic acid groups (broad SMARTS) is 1. The molecule has 3 nitrogen and oxygen atoms in total. The third kappa shape index (κ3) is 2.89. The molecule has 0 fully saturated rings. The number of Topliss-reactive ketones (excluding diaryl/α,β-unsaturated/α-hetero) is 1. The van der Waals surface area contributed by atoms with Crippen LogP contribution in [0.2, 0.25) is 0 Å². The van der Waals surface area contributed by atoms with Crippen LogP contribution >= 0.6 is 27.3 Å². The first-order valence-corrected chi connectivity index (χ1v) is 6.01. The van der Waals surface area contributed by atoms with Crippen LogP contribution in [0.15, 0.2) is 15.9 Å². The maximum absolute atomic E-state index is 11.8. The Hall–Kier alpha value is -0.680. The molecule has 0 atom stereocenters. The second kappa shape index (κ2) is 4.45. The molecule has 1 aromatic rings. The Labute approximate surface area is 100 Å². The monoisotopic (exact) mass is 290 g/mol. The number of carboxylic acids is 1. The Balaban J connectivity index is 2.81. The standard InChI is InChI=1S/C10H11BrO3S/c1-10(2,9(13)14)5-7(12)8-6(11)3-4-15-8/h3-4H,5H2,1-2H3,(H,13,14). The maximum Gasteiger partial charge on any atom is 0.309 e. The lowest BCUT2D eigenvalue weighted by Crippen LogP contribution is -2.26. The summed E-state index contributed by atoms with van der Waals surface area (Å²) in [5, 5.41) is 10.7. The van der Waals surface area contributed by atoms with Crippen molar-refractivity contribution in [2.45, 2.75) is 20.3 Å². The van der Waals surface area contributed by atoms with Gasteiger partial charge in [-0.1, -0.05) is 0 Å². The SMILES string of the molecule is CC(C)(CC(=O)c1sccc1Br)C(=O)O. The average molecular weight is 291 g/mol. The zero-order valence-corrected chi connectivity index (χ0v) is 10.8. The minimum atomic E-state index is -1.01. The molecule has 0 radical (unpaired) electrons. The van der Waals surface area contributed by atoms with Crippen molar-refractivity contribution in [3.63, 3.8) is 0 Å². The van der Waals surface area contributed by atoms with Crippen molar-refractivity contribution in [3.8, 4) is 0 Å². The Morgan fingerprint density at radius 3 is 2.53 bits per heavy atom. The number of rotatable bonds is 4. The van der Waals surface area contributed by atoms with Crippen molar-refractivity contribution in [1.29, 1.82) is 0 Å². The smallest absolute Gasteiger partial charge is 0.309 e. The molecule has 1 heterocycles. The molecule has 0 aliphatic carbocycles. The van der Waals surface area contributed by atoms with E-state index >= 15 is 0 Å². The molecule has 0 aromatic carbocycles. The largest absolute Gasteiger partial charge is 0.481 e. The van der Waals surface area contributed by atoms with Crippen LogP contribution in [0, 0.1) is 5.41 Å². The highest BCUT2D eigenvalue weighted by atomic mass is 79.9. The van der Waals surface area contributed by atoms with Gasteiger partial charge < -0.3 is 5.11 Å². The molecule has 1 aromatic heterocycles. The summed E-state index contributed by atoms with van der Waals surface area (Å²) in [7, 11) is 0. The van der Waals surface area contributed by atoms with Crippen molar-refractivity contribution < 1.29 is 14.7 Å². The Morgan fingerprint density at radius 2 is 2.13 bits per heavy atom. The lowest BCUT2D eigenvalue weighted by atomic mass is 9.87. The van der Waals surface area contributed by atoms with E-state index in [0.29, 0.717) is 4.88 Å². The maximum atomic E-state index is 11.8. The molecular weight excluding hydrogens is 280 g/mol. The average Bonchev–Trinajstić information content (AvgIpc) is 2.50. The van der Waals surface area contributed by atoms with E-state index in [1.807, 2.05) is 0 Å². The molecule has 0 aliphatic rings. The molecule has 82 valence electrons. The molecule has 1 rings (SSSR count). The summed E-state index contributed by atoms with van der Waals surface area (Å²) in [6.07, 6.45) is 0.0153. The van der Waals surface area contributed by atoms with E-state index in [1.54, 1.807) is 25.3 Å². The number of hydrogen-bond acceptors (Lipinski definition) is 3. The molecule has 0 saturated heterocycles. The van der Waals surface area contributed by atoms with E-state index in [-0.39, 0.29) is 12.2 Å². The number of thiophene rings is 1. The van der Waals surface area contributed by atoms with Crippen LogP contribution in [0.25, 0.3) is 0 Å².